The monoisotopic (exact) mass is 261 g/mol. The SMILES string of the molecule is Cl.O=C(CC1CCCN1)NC1CCCNC1=O. The fourth-order valence-corrected chi connectivity index (χ4v) is 2.32. The highest BCUT2D eigenvalue weighted by Crippen LogP contribution is 2.09. The Hall–Kier alpha value is -0.810. The van der Waals surface area contributed by atoms with Crippen LogP contribution in [-0.2, 0) is 9.59 Å². The highest BCUT2D eigenvalue weighted by Gasteiger charge is 2.25. The van der Waals surface area contributed by atoms with Crippen LogP contribution in [0.4, 0.5) is 0 Å². The molecule has 0 spiro atoms. The highest BCUT2D eigenvalue weighted by atomic mass is 35.5. The molecular formula is C11H20ClN3O2. The first-order valence-corrected chi connectivity index (χ1v) is 6.06. The Labute approximate surface area is 108 Å². The Kier molecular flexibility index (Phi) is 5.71. The van der Waals surface area contributed by atoms with E-state index >= 15 is 0 Å². The van der Waals surface area contributed by atoms with Crippen LogP contribution < -0.4 is 16.0 Å². The van der Waals surface area contributed by atoms with Gasteiger partial charge in [-0.1, -0.05) is 0 Å². The molecule has 2 atom stereocenters. The number of nitrogens with one attached hydrogen (secondary N) is 3. The van der Waals surface area contributed by atoms with Crippen molar-refractivity contribution in [1.82, 2.24) is 16.0 Å². The minimum atomic E-state index is -0.317. The summed E-state index contributed by atoms with van der Waals surface area (Å²) in [5, 5.41) is 8.84. The van der Waals surface area contributed by atoms with Crippen molar-refractivity contribution in [2.24, 2.45) is 0 Å². The van der Waals surface area contributed by atoms with E-state index in [-0.39, 0.29) is 30.3 Å². The number of hydrogen-bond acceptors (Lipinski definition) is 3. The number of halogens is 1. The van der Waals surface area contributed by atoms with Crippen LogP contribution in [0.15, 0.2) is 0 Å². The maximum absolute atomic E-state index is 11.7. The molecule has 2 aliphatic heterocycles. The normalized spacial score (nSPS) is 28.1. The van der Waals surface area contributed by atoms with E-state index in [1.54, 1.807) is 0 Å². The molecule has 2 heterocycles. The number of carbonyl (C=O) groups excluding carboxylic acids is 2. The molecule has 0 aromatic carbocycles. The van der Waals surface area contributed by atoms with Gasteiger partial charge in [0, 0.05) is 19.0 Å². The molecule has 5 nitrogen and oxygen atoms in total. The molecule has 98 valence electrons. The Balaban J connectivity index is 0.00000144. The van der Waals surface area contributed by atoms with Gasteiger partial charge < -0.3 is 16.0 Å². The Morgan fingerprint density at radius 3 is 2.71 bits per heavy atom. The van der Waals surface area contributed by atoms with Gasteiger partial charge in [0.2, 0.25) is 11.8 Å². The predicted octanol–water partition coefficient (Wildman–Crippen LogP) is -0.0549. The lowest BCUT2D eigenvalue weighted by molar-refractivity contribution is -0.130. The first-order valence-electron chi connectivity index (χ1n) is 6.06. The van der Waals surface area contributed by atoms with Gasteiger partial charge >= 0.3 is 0 Å². The Morgan fingerprint density at radius 2 is 2.06 bits per heavy atom. The highest BCUT2D eigenvalue weighted by molar-refractivity contribution is 5.88. The van der Waals surface area contributed by atoms with Gasteiger partial charge in [-0.2, -0.15) is 0 Å². The van der Waals surface area contributed by atoms with Crippen molar-refractivity contribution < 1.29 is 9.59 Å². The average Bonchev–Trinajstić information content (AvgIpc) is 2.74. The fourth-order valence-electron chi connectivity index (χ4n) is 2.32. The van der Waals surface area contributed by atoms with Crippen molar-refractivity contribution in [3.8, 4) is 0 Å². The summed E-state index contributed by atoms with van der Waals surface area (Å²) in [7, 11) is 0. The smallest absolute Gasteiger partial charge is 0.242 e. The van der Waals surface area contributed by atoms with Gasteiger partial charge in [0.15, 0.2) is 0 Å². The van der Waals surface area contributed by atoms with E-state index in [0.717, 1.165) is 38.8 Å². The zero-order valence-corrected chi connectivity index (χ0v) is 10.6. The van der Waals surface area contributed by atoms with Crippen LogP contribution in [-0.4, -0.2) is 37.0 Å². The van der Waals surface area contributed by atoms with E-state index in [4.69, 9.17) is 0 Å². The van der Waals surface area contributed by atoms with Crippen molar-refractivity contribution in [2.75, 3.05) is 13.1 Å². The molecule has 2 aliphatic rings. The van der Waals surface area contributed by atoms with Gasteiger partial charge in [-0.3, -0.25) is 9.59 Å². The van der Waals surface area contributed by atoms with Crippen molar-refractivity contribution in [2.45, 2.75) is 44.2 Å². The second-order valence-corrected chi connectivity index (χ2v) is 4.55. The summed E-state index contributed by atoms with van der Waals surface area (Å²) >= 11 is 0. The van der Waals surface area contributed by atoms with E-state index in [2.05, 4.69) is 16.0 Å². The first-order chi connectivity index (χ1) is 7.75. The van der Waals surface area contributed by atoms with Crippen LogP contribution in [0.2, 0.25) is 0 Å². The molecule has 0 bridgehead atoms. The molecule has 0 aliphatic carbocycles. The van der Waals surface area contributed by atoms with Gasteiger partial charge in [0.1, 0.15) is 6.04 Å². The second kappa shape index (κ2) is 6.81. The standard InChI is InChI=1S/C11H19N3O2.ClH/c15-10(7-8-3-1-5-12-8)14-9-4-2-6-13-11(9)16;/h8-9,12H,1-7H2,(H,13,16)(H,14,15);1H. The average molecular weight is 262 g/mol. The molecule has 0 radical (unpaired) electrons. The molecule has 3 N–H and O–H groups in total. The van der Waals surface area contributed by atoms with Crippen molar-refractivity contribution in [1.29, 1.82) is 0 Å². The molecule has 2 unspecified atom stereocenters. The molecule has 2 fully saturated rings. The van der Waals surface area contributed by atoms with E-state index in [1.807, 2.05) is 0 Å². The summed E-state index contributed by atoms with van der Waals surface area (Å²) in [6.07, 6.45) is 4.39. The van der Waals surface area contributed by atoms with Crippen molar-refractivity contribution in [3.05, 3.63) is 0 Å². The van der Waals surface area contributed by atoms with E-state index in [9.17, 15) is 9.59 Å². The topological polar surface area (TPSA) is 70.2 Å². The zero-order valence-electron chi connectivity index (χ0n) is 9.83. The third kappa shape index (κ3) is 4.16. The number of hydrogen-bond donors (Lipinski definition) is 3. The van der Waals surface area contributed by atoms with Crippen LogP contribution in [0.25, 0.3) is 0 Å². The molecule has 0 aromatic heterocycles. The maximum Gasteiger partial charge on any atom is 0.242 e. The van der Waals surface area contributed by atoms with Gasteiger partial charge in [0.25, 0.3) is 0 Å². The largest absolute Gasteiger partial charge is 0.354 e. The molecule has 6 heteroatoms. The Bertz CT molecular complexity index is 280. The third-order valence-corrected chi connectivity index (χ3v) is 3.21. The number of amides is 2. The summed E-state index contributed by atoms with van der Waals surface area (Å²) in [5.74, 6) is -0.0552. The molecule has 0 saturated carbocycles. The minimum absolute atomic E-state index is 0. The first kappa shape index (κ1) is 14.3. The molecule has 17 heavy (non-hydrogen) atoms. The van der Waals surface area contributed by atoms with Gasteiger partial charge in [0.05, 0.1) is 0 Å². The molecule has 2 amide bonds. The third-order valence-electron chi connectivity index (χ3n) is 3.21. The van der Waals surface area contributed by atoms with Crippen LogP contribution >= 0.6 is 12.4 Å². The molecule has 2 rings (SSSR count). The zero-order chi connectivity index (χ0) is 11.4. The van der Waals surface area contributed by atoms with Crippen LogP contribution in [0.3, 0.4) is 0 Å². The van der Waals surface area contributed by atoms with Gasteiger partial charge in [-0.05, 0) is 32.2 Å². The molecular weight excluding hydrogens is 242 g/mol. The summed E-state index contributed by atoms with van der Waals surface area (Å²) in [5.41, 5.74) is 0. The lowest BCUT2D eigenvalue weighted by atomic mass is 10.1. The Morgan fingerprint density at radius 1 is 1.29 bits per heavy atom. The minimum Gasteiger partial charge on any atom is -0.354 e. The molecule has 2 saturated heterocycles. The number of carbonyl (C=O) groups is 2. The summed E-state index contributed by atoms with van der Waals surface area (Å²) in [6.45, 7) is 1.73. The van der Waals surface area contributed by atoms with Crippen molar-refractivity contribution in [3.63, 3.8) is 0 Å². The number of piperidine rings is 1. The maximum atomic E-state index is 11.7. The van der Waals surface area contributed by atoms with E-state index in [1.165, 1.54) is 0 Å². The van der Waals surface area contributed by atoms with Gasteiger partial charge in [-0.15, -0.1) is 12.4 Å². The van der Waals surface area contributed by atoms with E-state index < -0.39 is 0 Å². The lowest BCUT2D eigenvalue weighted by Crippen LogP contribution is -2.50. The second-order valence-electron chi connectivity index (χ2n) is 4.55. The fraction of sp³-hybridized carbons (Fsp3) is 0.818. The number of rotatable bonds is 3. The quantitative estimate of drug-likeness (QED) is 0.667. The van der Waals surface area contributed by atoms with E-state index in [0.29, 0.717) is 12.5 Å². The summed E-state index contributed by atoms with van der Waals surface area (Å²) in [6, 6.07) is -0.0192. The van der Waals surface area contributed by atoms with Crippen molar-refractivity contribution >= 4 is 24.2 Å². The van der Waals surface area contributed by atoms with Crippen LogP contribution in [0.1, 0.15) is 32.1 Å². The van der Waals surface area contributed by atoms with Crippen LogP contribution in [0, 0.1) is 0 Å². The predicted molar refractivity (Wildman–Crippen MR) is 67.1 cm³/mol. The van der Waals surface area contributed by atoms with Crippen LogP contribution in [0.5, 0.6) is 0 Å². The summed E-state index contributed by atoms with van der Waals surface area (Å²) in [4.78, 5) is 23.1. The van der Waals surface area contributed by atoms with Gasteiger partial charge in [-0.25, -0.2) is 0 Å². The summed E-state index contributed by atoms with van der Waals surface area (Å²) < 4.78 is 0. The lowest BCUT2D eigenvalue weighted by Gasteiger charge is -2.23. The molecule has 0 aromatic rings.